The zero-order valence-corrected chi connectivity index (χ0v) is 13.5. The number of carbonyl (C=O) groups excluding carboxylic acids is 1. The lowest BCUT2D eigenvalue weighted by atomic mass is 10.1. The van der Waals surface area contributed by atoms with E-state index in [2.05, 4.69) is 22.4 Å². The van der Waals surface area contributed by atoms with Gasteiger partial charge in [-0.2, -0.15) is 5.10 Å². The summed E-state index contributed by atoms with van der Waals surface area (Å²) in [6, 6.07) is 13.7. The van der Waals surface area contributed by atoms with Crippen molar-refractivity contribution in [3.8, 4) is 0 Å². The Balaban J connectivity index is 1.68. The zero-order valence-electron chi connectivity index (χ0n) is 13.5. The number of fused-ring (bicyclic) bond motifs is 1. The molecule has 1 amide bonds. The number of amides is 1. The van der Waals surface area contributed by atoms with Crippen molar-refractivity contribution < 1.29 is 9.72 Å². The molecule has 0 spiro atoms. The molecular weight excluding hydrogens is 320 g/mol. The van der Waals surface area contributed by atoms with Gasteiger partial charge in [-0.05, 0) is 47.9 Å². The van der Waals surface area contributed by atoms with Crippen molar-refractivity contribution >= 4 is 28.7 Å². The number of carbonyl (C=O) groups is 1. The number of aryl methyl sites for hydroxylation is 1. The van der Waals surface area contributed by atoms with Crippen LogP contribution in [0.5, 0.6) is 0 Å². The zero-order chi connectivity index (χ0) is 17.8. The van der Waals surface area contributed by atoms with Crippen LogP contribution in [0.25, 0.3) is 10.9 Å². The molecule has 0 atom stereocenters. The third kappa shape index (κ3) is 3.72. The molecule has 3 rings (SSSR count). The predicted molar refractivity (Wildman–Crippen MR) is 95.8 cm³/mol. The number of aromatic nitrogens is 1. The first-order chi connectivity index (χ1) is 12.1. The van der Waals surface area contributed by atoms with Crippen molar-refractivity contribution in [2.45, 2.75) is 13.3 Å². The van der Waals surface area contributed by atoms with E-state index in [1.54, 1.807) is 18.2 Å². The third-order valence-corrected chi connectivity index (χ3v) is 3.82. The molecule has 0 saturated carbocycles. The van der Waals surface area contributed by atoms with Crippen molar-refractivity contribution in [1.29, 1.82) is 0 Å². The number of hydrazone groups is 1. The molecule has 2 aromatic carbocycles. The summed E-state index contributed by atoms with van der Waals surface area (Å²) in [5.41, 5.74) is 5.61. The third-order valence-electron chi connectivity index (χ3n) is 3.82. The van der Waals surface area contributed by atoms with Crippen LogP contribution >= 0.6 is 0 Å². The van der Waals surface area contributed by atoms with Gasteiger partial charge in [0.05, 0.1) is 11.1 Å². The second-order valence-electron chi connectivity index (χ2n) is 5.51. The fourth-order valence-electron chi connectivity index (χ4n) is 2.43. The van der Waals surface area contributed by atoms with Gasteiger partial charge in [-0.15, -0.1) is 0 Å². The number of hydrogen-bond donors (Lipinski definition) is 2. The van der Waals surface area contributed by atoms with E-state index in [0.717, 1.165) is 17.3 Å². The number of rotatable bonds is 5. The Bertz CT molecular complexity index is 958. The van der Waals surface area contributed by atoms with Gasteiger partial charge < -0.3 is 4.98 Å². The Hall–Kier alpha value is -3.48. The largest absolute Gasteiger partial charge is 0.350 e. The number of aromatic amines is 1. The first-order valence-corrected chi connectivity index (χ1v) is 7.76. The summed E-state index contributed by atoms with van der Waals surface area (Å²) in [6.07, 6.45) is 2.36. The van der Waals surface area contributed by atoms with Gasteiger partial charge in [-0.3, -0.25) is 14.9 Å². The van der Waals surface area contributed by atoms with Crippen LogP contribution in [0.1, 0.15) is 28.5 Å². The summed E-state index contributed by atoms with van der Waals surface area (Å²) < 4.78 is 0. The van der Waals surface area contributed by atoms with E-state index in [4.69, 9.17) is 0 Å². The Morgan fingerprint density at radius 2 is 2.00 bits per heavy atom. The van der Waals surface area contributed by atoms with E-state index in [1.807, 2.05) is 18.2 Å². The monoisotopic (exact) mass is 336 g/mol. The van der Waals surface area contributed by atoms with E-state index >= 15 is 0 Å². The fraction of sp³-hybridized carbons (Fsp3) is 0.111. The van der Waals surface area contributed by atoms with Gasteiger partial charge in [0.25, 0.3) is 11.6 Å². The van der Waals surface area contributed by atoms with Gasteiger partial charge in [0.2, 0.25) is 0 Å². The molecule has 0 bridgehead atoms. The molecule has 0 fully saturated rings. The first-order valence-electron chi connectivity index (χ1n) is 7.76. The van der Waals surface area contributed by atoms with Gasteiger partial charge in [-0.1, -0.05) is 13.0 Å². The number of non-ortho nitro benzene ring substituents is 1. The molecule has 0 aliphatic heterocycles. The molecule has 25 heavy (non-hydrogen) atoms. The summed E-state index contributed by atoms with van der Waals surface area (Å²) in [5, 5.41) is 15.5. The maximum absolute atomic E-state index is 12.2. The maximum Gasteiger partial charge on any atom is 0.287 e. The van der Waals surface area contributed by atoms with E-state index in [0.29, 0.717) is 11.3 Å². The molecule has 126 valence electrons. The SMILES string of the molecule is CCc1ccc2[nH]c(C(=O)N/N=C/c3ccc([N+](=O)[O-])cc3)cc2c1. The molecule has 0 unspecified atom stereocenters. The highest BCUT2D eigenvalue weighted by molar-refractivity contribution is 5.98. The topological polar surface area (TPSA) is 100 Å². The standard InChI is InChI=1S/C18H16N4O3/c1-2-12-5-8-16-14(9-12)10-17(20-16)18(23)21-19-11-13-3-6-15(7-4-13)22(24)25/h3-11,20H,2H2,1H3,(H,21,23)/b19-11+. The minimum absolute atomic E-state index is 0.00529. The van der Waals surface area contributed by atoms with Crippen LogP contribution in [0.2, 0.25) is 0 Å². The van der Waals surface area contributed by atoms with Crippen molar-refractivity contribution in [1.82, 2.24) is 10.4 Å². The van der Waals surface area contributed by atoms with Crippen molar-refractivity contribution in [2.24, 2.45) is 5.10 Å². The quantitative estimate of drug-likeness (QED) is 0.424. The van der Waals surface area contributed by atoms with Gasteiger partial charge in [0.15, 0.2) is 0 Å². The minimum atomic E-state index is -0.470. The summed E-state index contributed by atoms with van der Waals surface area (Å²) in [4.78, 5) is 25.3. The van der Waals surface area contributed by atoms with Crippen molar-refractivity contribution in [3.63, 3.8) is 0 Å². The first kappa shape index (κ1) is 16.4. The van der Waals surface area contributed by atoms with Crippen LogP contribution < -0.4 is 5.43 Å². The minimum Gasteiger partial charge on any atom is -0.350 e. The second-order valence-corrected chi connectivity index (χ2v) is 5.51. The van der Waals surface area contributed by atoms with Crippen LogP contribution in [0.4, 0.5) is 5.69 Å². The maximum atomic E-state index is 12.2. The molecular formula is C18H16N4O3. The summed E-state index contributed by atoms with van der Waals surface area (Å²) in [6.45, 7) is 2.08. The average molecular weight is 336 g/mol. The highest BCUT2D eigenvalue weighted by Crippen LogP contribution is 2.17. The lowest BCUT2D eigenvalue weighted by Gasteiger charge is -1.96. The summed E-state index contributed by atoms with van der Waals surface area (Å²) in [5.74, 6) is -0.354. The molecule has 1 heterocycles. The molecule has 7 nitrogen and oxygen atoms in total. The molecule has 0 aliphatic carbocycles. The summed E-state index contributed by atoms with van der Waals surface area (Å²) in [7, 11) is 0. The van der Waals surface area contributed by atoms with Gasteiger partial charge in [-0.25, -0.2) is 5.43 Å². The number of nitro benzene ring substituents is 1. The smallest absolute Gasteiger partial charge is 0.287 e. The molecule has 0 radical (unpaired) electrons. The Morgan fingerprint density at radius 3 is 2.68 bits per heavy atom. The van der Waals surface area contributed by atoms with E-state index in [9.17, 15) is 14.9 Å². The lowest BCUT2D eigenvalue weighted by Crippen LogP contribution is -2.17. The number of hydrogen-bond acceptors (Lipinski definition) is 4. The van der Waals surface area contributed by atoms with E-state index < -0.39 is 4.92 Å². The lowest BCUT2D eigenvalue weighted by molar-refractivity contribution is -0.384. The van der Waals surface area contributed by atoms with Crippen LogP contribution in [0.3, 0.4) is 0 Å². The predicted octanol–water partition coefficient (Wildman–Crippen LogP) is 3.40. The molecule has 1 aromatic heterocycles. The van der Waals surface area contributed by atoms with Crippen LogP contribution in [0, 0.1) is 10.1 Å². The Kier molecular flexibility index (Phi) is 4.56. The van der Waals surface area contributed by atoms with Crippen LogP contribution in [-0.4, -0.2) is 22.0 Å². The Morgan fingerprint density at radius 1 is 1.24 bits per heavy atom. The molecule has 0 aliphatic rings. The number of nitrogens with zero attached hydrogens (tertiary/aromatic N) is 2. The van der Waals surface area contributed by atoms with Crippen molar-refractivity contribution in [2.75, 3.05) is 0 Å². The highest BCUT2D eigenvalue weighted by Gasteiger charge is 2.09. The second kappa shape index (κ2) is 6.96. The summed E-state index contributed by atoms with van der Waals surface area (Å²) >= 11 is 0. The molecule has 2 N–H and O–H groups in total. The average Bonchev–Trinajstić information content (AvgIpc) is 3.05. The molecule has 0 saturated heterocycles. The van der Waals surface area contributed by atoms with E-state index in [-0.39, 0.29) is 11.6 Å². The van der Waals surface area contributed by atoms with Crippen LogP contribution in [-0.2, 0) is 6.42 Å². The Labute approximate surface area is 143 Å². The molecule has 7 heteroatoms. The number of H-pyrrole nitrogens is 1. The number of benzene rings is 2. The fourth-order valence-corrected chi connectivity index (χ4v) is 2.43. The number of nitro groups is 1. The normalized spacial score (nSPS) is 11.1. The highest BCUT2D eigenvalue weighted by atomic mass is 16.6. The molecule has 3 aromatic rings. The van der Waals surface area contributed by atoms with E-state index in [1.165, 1.54) is 23.9 Å². The van der Waals surface area contributed by atoms with Crippen LogP contribution in [0.15, 0.2) is 53.6 Å². The van der Waals surface area contributed by atoms with Gasteiger partial charge >= 0.3 is 0 Å². The van der Waals surface area contributed by atoms with Gasteiger partial charge in [0, 0.05) is 23.0 Å². The van der Waals surface area contributed by atoms with Gasteiger partial charge in [0.1, 0.15) is 5.69 Å². The number of nitrogens with one attached hydrogen (secondary N) is 2. The van der Waals surface area contributed by atoms with Crippen molar-refractivity contribution in [3.05, 3.63) is 75.5 Å².